The SMILES string of the molecule is CCC#CCC(C)(CC)c1noc(NC(=S)c2c(OC)cccc2OC)n1. The van der Waals surface area contributed by atoms with Crippen molar-refractivity contribution in [2.75, 3.05) is 19.5 Å². The summed E-state index contributed by atoms with van der Waals surface area (Å²) in [5.74, 6) is 8.07. The Morgan fingerprint density at radius 1 is 1.22 bits per heavy atom. The zero-order valence-corrected chi connectivity index (χ0v) is 17.2. The van der Waals surface area contributed by atoms with Crippen molar-refractivity contribution in [1.29, 1.82) is 0 Å². The summed E-state index contributed by atoms with van der Waals surface area (Å²) in [6.45, 7) is 6.19. The van der Waals surface area contributed by atoms with E-state index in [-0.39, 0.29) is 11.4 Å². The van der Waals surface area contributed by atoms with Gasteiger partial charge in [-0.25, -0.2) is 0 Å². The van der Waals surface area contributed by atoms with Crippen LogP contribution in [0.3, 0.4) is 0 Å². The van der Waals surface area contributed by atoms with Crippen LogP contribution in [0.1, 0.15) is 51.4 Å². The Labute approximate surface area is 165 Å². The molecule has 0 radical (unpaired) electrons. The molecule has 0 spiro atoms. The molecule has 0 aliphatic heterocycles. The van der Waals surface area contributed by atoms with E-state index in [2.05, 4.69) is 41.1 Å². The number of nitrogens with zero attached hydrogens (tertiary/aromatic N) is 2. The highest BCUT2D eigenvalue weighted by Crippen LogP contribution is 2.31. The van der Waals surface area contributed by atoms with Crippen LogP contribution < -0.4 is 14.8 Å². The minimum atomic E-state index is -0.282. The lowest BCUT2D eigenvalue weighted by Gasteiger charge is -2.20. The molecule has 0 fully saturated rings. The normalized spacial score (nSPS) is 12.5. The molecular weight excluding hydrogens is 362 g/mol. The third-order valence-corrected chi connectivity index (χ3v) is 4.71. The zero-order valence-electron chi connectivity index (χ0n) is 16.4. The van der Waals surface area contributed by atoms with Crippen LogP contribution in [0.2, 0.25) is 0 Å². The van der Waals surface area contributed by atoms with Crippen molar-refractivity contribution in [3.05, 3.63) is 29.6 Å². The first kappa shape index (κ1) is 20.7. The second-order valence-corrected chi connectivity index (χ2v) is 6.62. The van der Waals surface area contributed by atoms with Crippen molar-refractivity contribution in [3.8, 4) is 23.3 Å². The van der Waals surface area contributed by atoms with Gasteiger partial charge in [0.2, 0.25) is 0 Å². The van der Waals surface area contributed by atoms with Gasteiger partial charge in [-0.3, -0.25) is 5.32 Å². The van der Waals surface area contributed by atoms with Gasteiger partial charge in [-0.05, 0) is 18.6 Å². The number of ether oxygens (including phenoxy) is 2. The van der Waals surface area contributed by atoms with E-state index in [1.807, 2.05) is 25.1 Å². The number of methoxy groups -OCH3 is 2. The van der Waals surface area contributed by atoms with Crippen LogP contribution in [0.4, 0.5) is 6.01 Å². The Bertz CT molecular complexity index is 831. The quantitative estimate of drug-likeness (QED) is 0.559. The predicted molar refractivity (Wildman–Crippen MR) is 109 cm³/mol. The average molecular weight is 388 g/mol. The molecule has 0 bridgehead atoms. The fourth-order valence-corrected chi connectivity index (χ4v) is 2.79. The molecule has 1 heterocycles. The summed E-state index contributed by atoms with van der Waals surface area (Å²) in [6, 6.07) is 5.68. The van der Waals surface area contributed by atoms with Gasteiger partial charge in [0, 0.05) is 18.3 Å². The minimum absolute atomic E-state index is 0.228. The van der Waals surface area contributed by atoms with Gasteiger partial charge in [0.05, 0.1) is 19.8 Å². The monoisotopic (exact) mass is 387 g/mol. The van der Waals surface area contributed by atoms with E-state index in [1.165, 1.54) is 0 Å². The van der Waals surface area contributed by atoms with Crippen LogP contribution in [-0.4, -0.2) is 29.3 Å². The average Bonchev–Trinajstić information content (AvgIpc) is 3.16. The number of aromatic nitrogens is 2. The third kappa shape index (κ3) is 4.77. The van der Waals surface area contributed by atoms with Crippen molar-refractivity contribution in [2.45, 2.75) is 45.4 Å². The number of nitrogens with one attached hydrogen (secondary N) is 1. The van der Waals surface area contributed by atoms with Crippen molar-refractivity contribution in [3.63, 3.8) is 0 Å². The lowest BCUT2D eigenvalue weighted by molar-refractivity contribution is 0.377. The molecule has 1 N–H and O–H groups in total. The van der Waals surface area contributed by atoms with Gasteiger partial charge in [-0.2, -0.15) is 4.98 Å². The van der Waals surface area contributed by atoms with Crippen molar-refractivity contribution in [1.82, 2.24) is 10.1 Å². The van der Waals surface area contributed by atoms with Crippen LogP contribution in [0.15, 0.2) is 22.7 Å². The topological polar surface area (TPSA) is 69.4 Å². The maximum Gasteiger partial charge on any atom is 0.326 e. The largest absolute Gasteiger partial charge is 0.496 e. The third-order valence-electron chi connectivity index (χ3n) is 4.40. The van der Waals surface area contributed by atoms with E-state index >= 15 is 0 Å². The van der Waals surface area contributed by atoms with Gasteiger partial charge in [0.25, 0.3) is 0 Å². The number of benzene rings is 1. The molecule has 0 aliphatic carbocycles. The Balaban J connectivity index is 2.24. The van der Waals surface area contributed by atoms with Crippen molar-refractivity contribution < 1.29 is 14.0 Å². The molecule has 1 atom stereocenters. The summed E-state index contributed by atoms with van der Waals surface area (Å²) in [7, 11) is 3.16. The second-order valence-electron chi connectivity index (χ2n) is 6.21. The Morgan fingerprint density at radius 3 is 2.44 bits per heavy atom. The van der Waals surface area contributed by atoms with Crippen LogP contribution in [0, 0.1) is 11.8 Å². The highest BCUT2D eigenvalue weighted by atomic mass is 32.1. The van der Waals surface area contributed by atoms with E-state index in [4.69, 9.17) is 26.2 Å². The van der Waals surface area contributed by atoms with E-state index < -0.39 is 0 Å². The number of rotatable bonds is 7. The van der Waals surface area contributed by atoms with Crippen LogP contribution in [-0.2, 0) is 5.41 Å². The minimum Gasteiger partial charge on any atom is -0.496 e. The molecule has 1 aromatic carbocycles. The molecule has 0 saturated heterocycles. The smallest absolute Gasteiger partial charge is 0.326 e. The first-order chi connectivity index (χ1) is 13.0. The lowest BCUT2D eigenvalue weighted by atomic mass is 9.83. The Hall–Kier alpha value is -2.59. The molecule has 0 saturated carbocycles. The van der Waals surface area contributed by atoms with Gasteiger partial charge >= 0.3 is 6.01 Å². The highest BCUT2D eigenvalue weighted by Gasteiger charge is 2.30. The van der Waals surface area contributed by atoms with Crippen LogP contribution in [0.5, 0.6) is 11.5 Å². The Morgan fingerprint density at radius 2 is 1.89 bits per heavy atom. The molecule has 6 nitrogen and oxygen atoms in total. The number of anilines is 1. The summed E-state index contributed by atoms with van der Waals surface area (Å²) < 4.78 is 16.1. The summed E-state index contributed by atoms with van der Waals surface area (Å²) in [6.07, 6.45) is 2.34. The van der Waals surface area contributed by atoms with E-state index in [1.54, 1.807) is 14.2 Å². The van der Waals surface area contributed by atoms with Crippen LogP contribution in [0.25, 0.3) is 0 Å². The van der Waals surface area contributed by atoms with Crippen molar-refractivity contribution >= 4 is 23.2 Å². The molecule has 144 valence electrons. The first-order valence-electron chi connectivity index (χ1n) is 8.81. The summed E-state index contributed by atoms with van der Waals surface area (Å²) in [4.78, 5) is 4.86. The predicted octanol–water partition coefficient (Wildman–Crippen LogP) is 4.35. The lowest BCUT2D eigenvalue weighted by Crippen LogP contribution is -2.22. The fraction of sp³-hybridized carbons (Fsp3) is 0.450. The highest BCUT2D eigenvalue weighted by molar-refractivity contribution is 7.81. The molecule has 2 aromatic rings. The molecular formula is C20H25N3O3S. The van der Waals surface area contributed by atoms with Crippen molar-refractivity contribution in [2.24, 2.45) is 0 Å². The van der Waals surface area contributed by atoms with Gasteiger partial charge in [-0.15, -0.1) is 11.8 Å². The molecule has 1 aromatic heterocycles. The standard InChI is InChI=1S/C20H25N3O3S/c1-6-8-9-13-20(3,7-2)18-22-19(26-23-18)21-17(27)16-14(24-4)11-10-12-15(16)25-5/h10-12H,6-7,13H2,1-5H3,(H,21,22,23,27). The fourth-order valence-electron chi connectivity index (χ4n) is 2.50. The summed E-state index contributed by atoms with van der Waals surface area (Å²) >= 11 is 5.51. The molecule has 1 unspecified atom stereocenters. The number of thiocarbonyl (C=S) groups is 1. The summed E-state index contributed by atoms with van der Waals surface area (Å²) in [5, 5.41) is 7.12. The maximum absolute atomic E-state index is 5.51. The van der Waals surface area contributed by atoms with Gasteiger partial charge in [0.15, 0.2) is 5.82 Å². The maximum atomic E-state index is 5.51. The first-order valence-corrected chi connectivity index (χ1v) is 9.22. The van der Waals surface area contributed by atoms with Crippen LogP contribution >= 0.6 is 12.2 Å². The number of hydrogen-bond acceptors (Lipinski definition) is 6. The van der Waals surface area contributed by atoms with E-state index in [0.717, 1.165) is 12.8 Å². The molecule has 2 rings (SSSR count). The zero-order chi connectivity index (χ0) is 19.9. The van der Waals surface area contributed by atoms with Gasteiger partial charge in [-0.1, -0.05) is 44.2 Å². The molecule has 7 heteroatoms. The summed E-state index contributed by atoms with van der Waals surface area (Å²) in [5.41, 5.74) is 0.347. The van der Waals surface area contributed by atoms with Gasteiger partial charge < -0.3 is 14.0 Å². The van der Waals surface area contributed by atoms with E-state index in [0.29, 0.717) is 34.3 Å². The van der Waals surface area contributed by atoms with Gasteiger partial charge in [0.1, 0.15) is 16.5 Å². The number of hydrogen-bond donors (Lipinski definition) is 1. The molecule has 0 amide bonds. The second kappa shape index (κ2) is 9.38. The Kier molecular flexibility index (Phi) is 7.19. The molecule has 27 heavy (non-hydrogen) atoms. The molecule has 0 aliphatic rings. The van der Waals surface area contributed by atoms with E-state index in [9.17, 15) is 0 Å².